The Kier molecular flexibility index (Phi) is 5.33. The van der Waals surface area contributed by atoms with E-state index in [2.05, 4.69) is 38.2 Å². The molecule has 1 rings (SSSR count). The molecule has 1 N–H and O–H groups in total. The lowest BCUT2D eigenvalue weighted by Crippen LogP contribution is -2.13. The van der Waals surface area contributed by atoms with Crippen molar-refractivity contribution in [3.05, 3.63) is 30.3 Å². The molecule has 0 spiro atoms. The summed E-state index contributed by atoms with van der Waals surface area (Å²) in [6.07, 6.45) is 1.11. The lowest BCUT2D eigenvalue weighted by Gasteiger charge is -2.17. The van der Waals surface area contributed by atoms with Gasteiger partial charge in [0.05, 0.1) is 6.61 Å². The van der Waals surface area contributed by atoms with Gasteiger partial charge in [-0.25, -0.2) is 0 Å². The van der Waals surface area contributed by atoms with Gasteiger partial charge in [0, 0.05) is 18.8 Å². The Morgan fingerprint density at radius 2 is 1.75 bits per heavy atom. The Morgan fingerprint density at radius 3 is 2.38 bits per heavy atom. The van der Waals surface area contributed by atoms with E-state index in [0.29, 0.717) is 5.41 Å². The lowest BCUT2D eigenvalue weighted by molar-refractivity contribution is 0.116. The summed E-state index contributed by atoms with van der Waals surface area (Å²) in [5.41, 5.74) is 1.52. The van der Waals surface area contributed by atoms with E-state index >= 15 is 0 Å². The normalized spacial score (nSPS) is 11.4. The van der Waals surface area contributed by atoms with Crippen LogP contribution in [0.4, 0.5) is 5.69 Å². The average molecular weight is 221 g/mol. The average Bonchev–Trinajstić information content (AvgIpc) is 2.23. The first-order chi connectivity index (χ1) is 7.58. The van der Waals surface area contributed by atoms with Gasteiger partial charge in [0.1, 0.15) is 0 Å². The van der Waals surface area contributed by atoms with Gasteiger partial charge in [-0.2, -0.15) is 0 Å². The Balaban J connectivity index is 2.01. The summed E-state index contributed by atoms with van der Waals surface area (Å²) in [5.74, 6) is 0. The highest BCUT2D eigenvalue weighted by atomic mass is 16.5. The summed E-state index contributed by atoms with van der Waals surface area (Å²) in [5, 5.41) is 3.32. The zero-order chi connectivity index (χ0) is 11.9. The first kappa shape index (κ1) is 13.0. The molecule has 2 heteroatoms. The second-order valence-corrected chi connectivity index (χ2v) is 5.22. The van der Waals surface area contributed by atoms with E-state index in [0.717, 1.165) is 31.9 Å². The van der Waals surface area contributed by atoms with E-state index in [4.69, 9.17) is 4.74 Å². The van der Waals surface area contributed by atoms with Crippen molar-refractivity contribution in [2.75, 3.05) is 25.1 Å². The topological polar surface area (TPSA) is 21.3 Å². The molecule has 0 heterocycles. The molecule has 0 fully saturated rings. The van der Waals surface area contributed by atoms with Crippen LogP contribution in [0, 0.1) is 5.41 Å². The third-order valence-electron chi connectivity index (χ3n) is 2.35. The van der Waals surface area contributed by atoms with Crippen molar-refractivity contribution in [1.29, 1.82) is 0 Å². The van der Waals surface area contributed by atoms with Crippen molar-refractivity contribution >= 4 is 5.69 Å². The predicted octanol–water partition coefficient (Wildman–Crippen LogP) is 3.55. The minimum absolute atomic E-state index is 0.368. The largest absolute Gasteiger partial charge is 0.383 e. The second-order valence-electron chi connectivity index (χ2n) is 5.22. The van der Waals surface area contributed by atoms with Gasteiger partial charge < -0.3 is 10.1 Å². The van der Waals surface area contributed by atoms with Crippen molar-refractivity contribution in [2.24, 2.45) is 5.41 Å². The van der Waals surface area contributed by atoms with Crippen LogP contribution in [0.25, 0.3) is 0 Å². The van der Waals surface area contributed by atoms with Crippen LogP contribution in [0.1, 0.15) is 27.2 Å². The van der Waals surface area contributed by atoms with Crippen molar-refractivity contribution in [3.63, 3.8) is 0 Å². The SMILES string of the molecule is CC(C)(C)CCOCCNc1ccccc1. The number of hydrogen-bond acceptors (Lipinski definition) is 2. The molecule has 0 aromatic heterocycles. The molecule has 0 amide bonds. The zero-order valence-corrected chi connectivity index (χ0v) is 10.6. The van der Waals surface area contributed by atoms with Crippen LogP contribution in [-0.4, -0.2) is 19.8 Å². The maximum absolute atomic E-state index is 5.57. The second kappa shape index (κ2) is 6.54. The molecular formula is C14H23NO. The van der Waals surface area contributed by atoms with E-state index < -0.39 is 0 Å². The van der Waals surface area contributed by atoms with Gasteiger partial charge >= 0.3 is 0 Å². The molecule has 90 valence electrons. The Bertz CT molecular complexity index is 277. The first-order valence-electron chi connectivity index (χ1n) is 5.95. The van der Waals surface area contributed by atoms with Crippen molar-refractivity contribution < 1.29 is 4.74 Å². The predicted molar refractivity (Wildman–Crippen MR) is 69.8 cm³/mol. The number of hydrogen-bond donors (Lipinski definition) is 1. The molecule has 16 heavy (non-hydrogen) atoms. The molecule has 0 aliphatic carbocycles. The molecule has 0 aliphatic heterocycles. The van der Waals surface area contributed by atoms with Crippen LogP contribution in [0.3, 0.4) is 0 Å². The molecule has 0 bridgehead atoms. The maximum Gasteiger partial charge on any atom is 0.0639 e. The summed E-state index contributed by atoms with van der Waals surface area (Å²) in [7, 11) is 0. The molecule has 0 saturated heterocycles. The minimum atomic E-state index is 0.368. The highest BCUT2D eigenvalue weighted by Crippen LogP contribution is 2.17. The van der Waals surface area contributed by atoms with Gasteiger partial charge in [0.2, 0.25) is 0 Å². The number of benzene rings is 1. The van der Waals surface area contributed by atoms with Crippen LogP contribution in [-0.2, 0) is 4.74 Å². The van der Waals surface area contributed by atoms with Crippen LogP contribution in [0.15, 0.2) is 30.3 Å². The Hall–Kier alpha value is -1.02. The summed E-state index contributed by atoms with van der Waals surface area (Å²) in [6.45, 7) is 9.19. The molecule has 1 aromatic carbocycles. The molecule has 0 saturated carbocycles. The standard InChI is InChI=1S/C14H23NO/c1-14(2,3)9-11-16-12-10-15-13-7-5-4-6-8-13/h4-8,15H,9-12H2,1-3H3. The zero-order valence-electron chi connectivity index (χ0n) is 10.6. The van der Waals surface area contributed by atoms with E-state index in [1.165, 1.54) is 0 Å². The van der Waals surface area contributed by atoms with Gasteiger partial charge in [0.25, 0.3) is 0 Å². The molecule has 2 nitrogen and oxygen atoms in total. The van der Waals surface area contributed by atoms with Gasteiger partial charge in [-0.1, -0.05) is 39.0 Å². The van der Waals surface area contributed by atoms with E-state index in [1.54, 1.807) is 0 Å². The molecule has 0 aliphatic rings. The summed E-state index contributed by atoms with van der Waals surface area (Å²) < 4.78 is 5.57. The summed E-state index contributed by atoms with van der Waals surface area (Å²) in [6, 6.07) is 10.2. The van der Waals surface area contributed by atoms with Gasteiger partial charge in [-0.15, -0.1) is 0 Å². The Morgan fingerprint density at radius 1 is 1.06 bits per heavy atom. The number of anilines is 1. The number of ether oxygens (including phenoxy) is 1. The van der Waals surface area contributed by atoms with Gasteiger partial charge in [-0.3, -0.25) is 0 Å². The quantitative estimate of drug-likeness (QED) is 0.742. The third-order valence-corrected chi connectivity index (χ3v) is 2.35. The highest BCUT2D eigenvalue weighted by Gasteiger charge is 2.08. The molecule has 0 atom stereocenters. The fourth-order valence-corrected chi connectivity index (χ4v) is 1.30. The van der Waals surface area contributed by atoms with Crippen LogP contribution < -0.4 is 5.32 Å². The number of nitrogens with one attached hydrogen (secondary N) is 1. The highest BCUT2D eigenvalue weighted by molar-refractivity contribution is 5.42. The van der Waals surface area contributed by atoms with E-state index in [-0.39, 0.29) is 0 Å². The van der Waals surface area contributed by atoms with Crippen LogP contribution in [0.5, 0.6) is 0 Å². The van der Waals surface area contributed by atoms with Crippen LogP contribution >= 0.6 is 0 Å². The van der Waals surface area contributed by atoms with Crippen molar-refractivity contribution in [3.8, 4) is 0 Å². The monoisotopic (exact) mass is 221 g/mol. The van der Waals surface area contributed by atoms with Crippen molar-refractivity contribution in [1.82, 2.24) is 0 Å². The maximum atomic E-state index is 5.57. The third kappa shape index (κ3) is 6.46. The molecule has 1 aromatic rings. The molecule has 0 unspecified atom stereocenters. The summed E-state index contributed by atoms with van der Waals surface area (Å²) in [4.78, 5) is 0. The van der Waals surface area contributed by atoms with Crippen molar-refractivity contribution in [2.45, 2.75) is 27.2 Å². The summed E-state index contributed by atoms with van der Waals surface area (Å²) >= 11 is 0. The van der Waals surface area contributed by atoms with Gasteiger partial charge in [-0.05, 0) is 24.0 Å². The lowest BCUT2D eigenvalue weighted by atomic mass is 9.93. The van der Waals surface area contributed by atoms with E-state index in [9.17, 15) is 0 Å². The fraction of sp³-hybridized carbons (Fsp3) is 0.571. The smallest absolute Gasteiger partial charge is 0.0639 e. The van der Waals surface area contributed by atoms with E-state index in [1.807, 2.05) is 18.2 Å². The fourth-order valence-electron chi connectivity index (χ4n) is 1.30. The van der Waals surface area contributed by atoms with Gasteiger partial charge in [0.15, 0.2) is 0 Å². The number of rotatable bonds is 6. The molecular weight excluding hydrogens is 198 g/mol. The molecule has 0 radical (unpaired) electrons. The number of para-hydroxylation sites is 1. The van der Waals surface area contributed by atoms with Crippen LogP contribution in [0.2, 0.25) is 0 Å². The minimum Gasteiger partial charge on any atom is -0.383 e. The Labute approximate surface area is 99.0 Å². The first-order valence-corrected chi connectivity index (χ1v) is 5.95.